The summed E-state index contributed by atoms with van der Waals surface area (Å²) in [7, 11) is 0. The van der Waals surface area contributed by atoms with E-state index in [1.165, 1.54) is 6.07 Å². The van der Waals surface area contributed by atoms with Gasteiger partial charge in [-0.05, 0) is 37.4 Å². The van der Waals surface area contributed by atoms with Crippen LogP contribution in [-0.4, -0.2) is 28.7 Å². The lowest BCUT2D eigenvalue weighted by molar-refractivity contribution is 0.415. The Kier molecular flexibility index (Phi) is 3.63. The lowest BCUT2D eigenvalue weighted by Crippen LogP contribution is -2.36. The third-order valence-corrected chi connectivity index (χ3v) is 4.33. The number of halogens is 1. The first-order chi connectivity index (χ1) is 9.70. The number of nitrogens with two attached hydrogens (primary N) is 1. The van der Waals surface area contributed by atoms with Crippen LogP contribution in [0.3, 0.4) is 0 Å². The number of pyridine rings is 2. The third-order valence-electron chi connectivity index (χ3n) is 4.01. The quantitative estimate of drug-likeness (QED) is 0.913. The minimum Gasteiger partial charge on any atom is -0.371 e. The number of hydrogen-bond acceptors (Lipinski definition) is 4. The molecule has 1 fully saturated rings. The first kappa shape index (κ1) is 13.4. The summed E-state index contributed by atoms with van der Waals surface area (Å²) >= 11 is 5.99. The number of hydrogen-bond donors (Lipinski definition) is 1. The van der Waals surface area contributed by atoms with E-state index in [1.807, 2.05) is 6.07 Å². The van der Waals surface area contributed by atoms with Crippen LogP contribution in [0.25, 0.3) is 11.0 Å². The zero-order valence-electron chi connectivity index (χ0n) is 11.1. The SMILES string of the molecule is NCC1CCN(c2ccnc3c2ccc(=O)n3Cl)CC1. The second-order valence-corrected chi connectivity index (χ2v) is 5.52. The van der Waals surface area contributed by atoms with Gasteiger partial charge in [-0.1, -0.05) is 0 Å². The number of fused-ring (bicyclic) bond motifs is 1. The van der Waals surface area contributed by atoms with Crippen LogP contribution in [0.5, 0.6) is 0 Å². The van der Waals surface area contributed by atoms with Crippen molar-refractivity contribution < 1.29 is 0 Å². The minimum absolute atomic E-state index is 0.259. The first-order valence-electron chi connectivity index (χ1n) is 6.82. The molecule has 0 aliphatic carbocycles. The molecule has 3 heterocycles. The molecule has 2 aromatic rings. The summed E-state index contributed by atoms with van der Waals surface area (Å²) in [6.45, 7) is 2.71. The molecule has 0 saturated carbocycles. The van der Waals surface area contributed by atoms with Gasteiger partial charge in [-0.2, -0.15) is 4.09 Å². The number of anilines is 1. The van der Waals surface area contributed by atoms with Crippen LogP contribution in [0, 0.1) is 5.92 Å². The molecule has 0 radical (unpaired) electrons. The van der Waals surface area contributed by atoms with Crippen LogP contribution in [-0.2, 0) is 0 Å². The Morgan fingerprint density at radius 1 is 1.30 bits per heavy atom. The fraction of sp³-hybridized carbons (Fsp3) is 0.429. The normalized spacial score (nSPS) is 16.8. The van der Waals surface area contributed by atoms with Gasteiger partial charge in [0.2, 0.25) is 0 Å². The van der Waals surface area contributed by atoms with Crippen LogP contribution in [0.4, 0.5) is 5.69 Å². The standard InChI is InChI=1S/C14H17ClN4O/c15-19-13(20)2-1-11-12(3-6-17-14(11)19)18-7-4-10(9-16)5-8-18/h1-3,6,10H,4-5,7-9,16H2. The van der Waals surface area contributed by atoms with Crippen LogP contribution < -0.4 is 16.2 Å². The third kappa shape index (κ3) is 2.27. The summed E-state index contributed by atoms with van der Waals surface area (Å²) in [6.07, 6.45) is 3.90. The molecule has 1 aliphatic rings. The van der Waals surface area contributed by atoms with Crippen LogP contribution in [0.15, 0.2) is 29.2 Å². The van der Waals surface area contributed by atoms with Gasteiger partial charge in [0.25, 0.3) is 5.56 Å². The summed E-state index contributed by atoms with van der Waals surface area (Å²) in [5, 5.41) is 0.910. The first-order valence-corrected chi connectivity index (χ1v) is 7.16. The molecule has 1 saturated heterocycles. The van der Waals surface area contributed by atoms with Gasteiger partial charge in [-0.25, -0.2) is 4.98 Å². The summed E-state index contributed by atoms with van der Waals surface area (Å²) in [6, 6.07) is 5.26. The van der Waals surface area contributed by atoms with Crippen molar-refractivity contribution in [1.29, 1.82) is 0 Å². The Bertz CT molecular complexity index is 676. The zero-order valence-corrected chi connectivity index (χ0v) is 11.9. The molecule has 0 aromatic carbocycles. The highest BCUT2D eigenvalue weighted by Gasteiger charge is 2.20. The largest absolute Gasteiger partial charge is 0.371 e. The predicted octanol–water partition coefficient (Wildman–Crippen LogP) is 1.57. The minimum atomic E-state index is -0.259. The molecule has 2 N–H and O–H groups in total. The van der Waals surface area contributed by atoms with Gasteiger partial charge < -0.3 is 10.6 Å². The van der Waals surface area contributed by atoms with E-state index < -0.39 is 0 Å². The van der Waals surface area contributed by atoms with E-state index in [2.05, 4.69) is 9.88 Å². The fourth-order valence-corrected chi connectivity index (χ4v) is 2.97. The van der Waals surface area contributed by atoms with Gasteiger partial charge in [-0.3, -0.25) is 4.79 Å². The molecule has 3 rings (SSSR count). The van der Waals surface area contributed by atoms with E-state index in [9.17, 15) is 4.79 Å². The second-order valence-electron chi connectivity index (χ2n) is 5.19. The van der Waals surface area contributed by atoms with E-state index in [4.69, 9.17) is 17.5 Å². The van der Waals surface area contributed by atoms with Crippen LogP contribution >= 0.6 is 11.8 Å². The summed E-state index contributed by atoms with van der Waals surface area (Å²) in [5.74, 6) is 0.616. The molecule has 0 amide bonds. The lowest BCUT2D eigenvalue weighted by atomic mass is 9.96. The molecule has 106 valence electrons. The molecule has 2 aromatic heterocycles. The maximum atomic E-state index is 11.6. The molecular formula is C14H17ClN4O. The molecule has 20 heavy (non-hydrogen) atoms. The van der Waals surface area contributed by atoms with E-state index in [-0.39, 0.29) is 5.56 Å². The molecule has 0 spiro atoms. The van der Waals surface area contributed by atoms with Crippen molar-refractivity contribution in [3.8, 4) is 0 Å². The topological polar surface area (TPSA) is 64.2 Å². The van der Waals surface area contributed by atoms with Crippen molar-refractivity contribution in [2.75, 3.05) is 24.5 Å². The van der Waals surface area contributed by atoms with E-state index in [1.54, 1.807) is 12.3 Å². The van der Waals surface area contributed by atoms with Gasteiger partial charge in [-0.15, -0.1) is 0 Å². The predicted molar refractivity (Wildman–Crippen MR) is 81.2 cm³/mol. The Morgan fingerprint density at radius 3 is 2.75 bits per heavy atom. The van der Waals surface area contributed by atoms with Crippen molar-refractivity contribution in [2.24, 2.45) is 11.7 Å². The highest BCUT2D eigenvalue weighted by Crippen LogP contribution is 2.28. The summed E-state index contributed by atoms with van der Waals surface area (Å²) in [4.78, 5) is 18.1. The highest BCUT2D eigenvalue weighted by atomic mass is 35.5. The number of rotatable bonds is 2. The fourth-order valence-electron chi connectivity index (χ4n) is 2.78. The van der Waals surface area contributed by atoms with Crippen molar-refractivity contribution in [3.63, 3.8) is 0 Å². The van der Waals surface area contributed by atoms with Crippen molar-refractivity contribution >= 4 is 28.5 Å². The molecule has 6 heteroatoms. The molecule has 0 atom stereocenters. The van der Waals surface area contributed by atoms with E-state index >= 15 is 0 Å². The number of aromatic nitrogens is 2. The molecule has 5 nitrogen and oxygen atoms in total. The van der Waals surface area contributed by atoms with Crippen LogP contribution in [0.2, 0.25) is 0 Å². The van der Waals surface area contributed by atoms with Crippen molar-refractivity contribution in [2.45, 2.75) is 12.8 Å². The van der Waals surface area contributed by atoms with Crippen LogP contribution in [0.1, 0.15) is 12.8 Å². The average molecular weight is 293 g/mol. The van der Waals surface area contributed by atoms with Crippen molar-refractivity contribution in [3.05, 3.63) is 34.7 Å². The summed E-state index contributed by atoms with van der Waals surface area (Å²) < 4.78 is 1.07. The lowest BCUT2D eigenvalue weighted by Gasteiger charge is -2.33. The van der Waals surface area contributed by atoms with Crippen molar-refractivity contribution in [1.82, 2.24) is 9.07 Å². The monoisotopic (exact) mass is 292 g/mol. The number of nitrogens with zero attached hydrogens (tertiary/aromatic N) is 3. The zero-order chi connectivity index (χ0) is 14.1. The maximum Gasteiger partial charge on any atom is 0.267 e. The van der Waals surface area contributed by atoms with Gasteiger partial charge in [0.05, 0.1) is 0 Å². The van der Waals surface area contributed by atoms with Gasteiger partial charge in [0, 0.05) is 48.2 Å². The Hall–Kier alpha value is -1.59. The highest BCUT2D eigenvalue weighted by molar-refractivity contribution is 6.18. The van der Waals surface area contributed by atoms with Gasteiger partial charge in [0.15, 0.2) is 5.65 Å². The Labute approximate surface area is 122 Å². The molecular weight excluding hydrogens is 276 g/mol. The molecule has 0 bridgehead atoms. The smallest absolute Gasteiger partial charge is 0.267 e. The second kappa shape index (κ2) is 5.42. The van der Waals surface area contributed by atoms with E-state index in [0.29, 0.717) is 11.6 Å². The molecule has 1 aliphatic heterocycles. The Morgan fingerprint density at radius 2 is 2.05 bits per heavy atom. The summed E-state index contributed by atoms with van der Waals surface area (Å²) in [5.41, 5.74) is 7.07. The van der Waals surface area contributed by atoms with E-state index in [0.717, 1.165) is 47.6 Å². The average Bonchev–Trinajstić information content (AvgIpc) is 2.51. The maximum absolute atomic E-state index is 11.6. The van der Waals surface area contributed by atoms with Gasteiger partial charge in [0.1, 0.15) is 0 Å². The molecule has 0 unspecified atom stereocenters. The number of piperidine rings is 1. The van der Waals surface area contributed by atoms with Gasteiger partial charge >= 0.3 is 0 Å². The Balaban J connectivity index is 2.00.